The van der Waals surface area contributed by atoms with Crippen molar-refractivity contribution < 1.29 is 9.90 Å². The second-order valence-corrected chi connectivity index (χ2v) is 6.54. The van der Waals surface area contributed by atoms with Crippen molar-refractivity contribution in [1.82, 2.24) is 9.47 Å². The lowest BCUT2D eigenvalue weighted by Gasteiger charge is -2.33. The van der Waals surface area contributed by atoms with Gasteiger partial charge in [0, 0.05) is 36.8 Å². The Bertz CT molecular complexity index is 583. The Morgan fingerprint density at radius 1 is 1.29 bits per heavy atom. The van der Waals surface area contributed by atoms with E-state index in [0.29, 0.717) is 11.7 Å². The number of nitrogens with zero attached hydrogens (tertiary/aromatic N) is 2. The third-order valence-corrected chi connectivity index (χ3v) is 5.14. The normalized spacial score (nSPS) is 17.1. The Morgan fingerprint density at radius 2 is 2.10 bits per heavy atom. The molecule has 0 amide bonds. The molecule has 1 aliphatic heterocycles. The van der Waals surface area contributed by atoms with Crippen LogP contribution in [0.3, 0.4) is 0 Å². The molecule has 3 heterocycles. The minimum absolute atomic E-state index is 0.323. The summed E-state index contributed by atoms with van der Waals surface area (Å²) in [5.74, 6) is -0.833. The molecule has 0 unspecified atom stereocenters. The number of hydrogen-bond donors (Lipinski definition) is 1. The van der Waals surface area contributed by atoms with E-state index >= 15 is 0 Å². The molecule has 1 N–H and O–H groups in total. The number of carbonyl (C=O) groups is 1. The molecule has 21 heavy (non-hydrogen) atoms. The fourth-order valence-electron chi connectivity index (χ4n) is 3.04. The summed E-state index contributed by atoms with van der Waals surface area (Å²) in [5.41, 5.74) is 0.409. The Labute approximate surface area is 128 Å². The third kappa shape index (κ3) is 3.36. The molecule has 0 saturated carbocycles. The van der Waals surface area contributed by atoms with Gasteiger partial charge in [-0.3, -0.25) is 0 Å². The first-order chi connectivity index (χ1) is 10.2. The van der Waals surface area contributed by atoms with Crippen molar-refractivity contribution in [2.24, 2.45) is 0 Å². The fourth-order valence-corrected chi connectivity index (χ4v) is 3.74. The van der Waals surface area contributed by atoms with E-state index in [2.05, 4.69) is 22.4 Å². The number of hydrogen-bond acceptors (Lipinski definition) is 3. The van der Waals surface area contributed by atoms with Gasteiger partial charge in [-0.15, -0.1) is 11.3 Å². The first-order valence-electron chi connectivity index (χ1n) is 7.39. The quantitative estimate of drug-likeness (QED) is 0.923. The number of likely N-dealkylation sites (tertiary alicyclic amines) is 1. The van der Waals surface area contributed by atoms with Crippen LogP contribution in [0.2, 0.25) is 0 Å². The minimum Gasteiger partial charge on any atom is -0.477 e. The lowest BCUT2D eigenvalue weighted by atomic mass is 10.0. The Balaban J connectivity index is 1.53. The lowest BCUT2D eigenvalue weighted by molar-refractivity contribution is 0.0678. The van der Waals surface area contributed by atoms with Crippen LogP contribution in [0.1, 0.15) is 34.2 Å². The number of thiophene rings is 1. The maximum absolute atomic E-state index is 11.2. The molecule has 0 atom stereocenters. The average molecular weight is 304 g/mol. The monoisotopic (exact) mass is 304 g/mol. The molecule has 0 aromatic carbocycles. The van der Waals surface area contributed by atoms with Crippen molar-refractivity contribution in [2.45, 2.75) is 25.3 Å². The van der Waals surface area contributed by atoms with E-state index in [1.165, 1.54) is 4.88 Å². The van der Waals surface area contributed by atoms with Gasteiger partial charge in [0.1, 0.15) is 5.69 Å². The summed E-state index contributed by atoms with van der Waals surface area (Å²) in [6.07, 6.45) is 5.07. The predicted octanol–water partition coefficient (Wildman–Crippen LogP) is 3.13. The fraction of sp³-hybridized carbons (Fsp3) is 0.438. The van der Waals surface area contributed by atoms with Gasteiger partial charge in [-0.1, -0.05) is 6.07 Å². The molecule has 5 heteroatoms. The van der Waals surface area contributed by atoms with Crippen LogP contribution in [0, 0.1) is 0 Å². The molecule has 0 spiro atoms. The largest absolute Gasteiger partial charge is 0.477 e. The van der Waals surface area contributed by atoms with Crippen molar-refractivity contribution >= 4 is 17.3 Å². The first-order valence-corrected chi connectivity index (χ1v) is 8.27. The van der Waals surface area contributed by atoms with E-state index in [9.17, 15) is 9.90 Å². The summed E-state index contributed by atoms with van der Waals surface area (Å²) in [5, 5.41) is 11.3. The van der Waals surface area contributed by atoms with Gasteiger partial charge in [0.15, 0.2) is 0 Å². The van der Waals surface area contributed by atoms with Crippen LogP contribution < -0.4 is 0 Å². The van der Waals surface area contributed by atoms with Gasteiger partial charge in [-0.2, -0.15) is 0 Å². The summed E-state index contributed by atoms with van der Waals surface area (Å²) in [6, 6.07) is 8.13. The third-order valence-electron chi connectivity index (χ3n) is 4.20. The van der Waals surface area contributed by atoms with E-state index in [1.54, 1.807) is 6.07 Å². The van der Waals surface area contributed by atoms with Crippen LogP contribution in [0.25, 0.3) is 0 Å². The number of aromatic nitrogens is 1. The van der Waals surface area contributed by atoms with Crippen LogP contribution in [-0.2, 0) is 6.42 Å². The number of aromatic carboxylic acids is 1. The molecule has 0 aliphatic carbocycles. The maximum Gasteiger partial charge on any atom is 0.352 e. The number of carboxylic acid groups (broad SMARTS) is 1. The molecule has 2 aromatic heterocycles. The summed E-state index contributed by atoms with van der Waals surface area (Å²) in [6.45, 7) is 3.20. The molecule has 4 nitrogen and oxygen atoms in total. The van der Waals surface area contributed by atoms with Gasteiger partial charge >= 0.3 is 5.97 Å². The van der Waals surface area contributed by atoms with Crippen molar-refractivity contribution in [3.05, 3.63) is 46.4 Å². The van der Waals surface area contributed by atoms with E-state index in [1.807, 2.05) is 28.2 Å². The highest BCUT2D eigenvalue weighted by Gasteiger charge is 2.23. The molecule has 112 valence electrons. The van der Waals surface area contributed by atoms with Gasteiger partial charge in [0.25, 0.3) is 0 Å². The highest BCUT2D eigenvalue weighted by Crippen LogP contribution is 2.25. The maximum atomic E-state index is 11.2. The molecule has 1 fully saturated rings. The summed E-state index contributed by atoms with van der Waals surface area (Å²) in [7, 11) is 0. The van der Waals surface area contributed by atoms with Gasteiger partial charge < -0.3 is 14.6 Å². The average Bonchev–Trinajstić information content (AvgIpc) is 3.17. The Kier molecular flexibility index (Phi) is 4.41. The van der Waals surface area contributed by atoms with Crippen molar-refractivity contribution in [3.63, 3.8) is 0 Å². The van der Waals surface area contributed by atoms with Gasteiger partial charge in [-0.05, 0) is 42.8 Å². The van der Waals surface area contributed by atoms with Gasteiger partial charge in [0.2, 0.25) is 0 Å². The molecule has 2 aromatic rings. The van der Waals surface area contributed by atoms with E-state index in [0.717, 1.165) is 38.9 Å². The smallest absolute Gasteiger partial charge is 0.352 e. The topological polar surface area (TPSA) is 45.5 Å². The van der Waals surface area contributed by atoms with Crippen molar-refractivity contribution in [2.75, 3.05) is 19.6 Å². The Hall–Kier alpha value is -1.59. The second-order valence-electron chi connectivity index (χ2n) is 5.51. The Morgan fingerprint density at radius 3 is 2.76 bits per heavy atom. The highest BCUT2D eigenvalue weighted by molar-refractivity contribution is 7.09. The van der Waals surface area contributed by atoms with E-state index in [4.69, 9.17) is 0 Å². The van der Waals surface area contributed by atoms with Gasteiger partial charge in [-0.25, -0.2) is 4.79 Å². The van der Waals surface area contributed by atoms with Crippen LogP contribution in [0.4, 0.5) is 0 Å². The lowest BCUT2D eigenvalue weighted by Crippen LogP contribution is -2.36. The highest BCUT2D eigenvalue weighted by atomic mass is 32.1. The van der Waals surface area contributed by atoms with E-state index < -0.39 is 5.97 Å². The summed E-state index contributed by atoms with van der Waals surface area (Å²) < 4.78 is 1.93. The standard InChI is InChI=1S/C16H20N2O2S/c19-16(20)15-4-1-8-18(15)13-5-9-17(10-6-13)11-7-14-3-2-12-21-14/h1-4,8,12-13H,5-7,9-11H2,(H,19,20). The molecular weight excluding hydrogens is 284 g/mol. The molecule has 3 rings (SSSR count). The summed E-state index contributed by atoms with van der Waals surface area (Å²) in [4.78, 5) is 15.1. The summed E-state index contributed by atoms with van der Waals surface area (Å²) >= 11 is 1.82. The molecule has 0 radical (unpaired) electrons. The van der Waals surface area contributed by atoms with Crippen LogP contribution in [0.5, 0.6) is 0 Å². The zero-order valence-electron chi connectivity index (χ0n) is 11.9. The molecule has 1 saturated heterocycles. The first kappa shape index (κ1) is 14.4. The molecular formula is C16H20N2O2S. The van der Waals surface area contributed by atoms with Crippen molar-refractivity contribution in [3.8, 4) is 0 Å². The minimum atomic E-state index is -0.833. The molecule has 0 bridgehead atoms. The zero-order chi connectivity index (χ0) is 14.7. The number of piperidine rings is 1. The zero-order valence-corrected chi connectivity index (χ0v) is 12.8. The molecule has 1 aliphatic rings. The van der Waals surface area contributed by atoms with Crippen molar-refractivity contribution in [1.29, 1.82) is 0 Å². The van der Waals surface area contributed by atoms with Crippen LogP contribution in [-0.4, -0.2) is 40.2 Å². The van der Waals surface area contributed by atoms with Gasteiger partial charge in [0.05, 0.1) is 0 Å². The van der Waals surface area contributed by atoms with Crippen LogP contribution >= 0.6 is 11.3 Å². The number of carboxylic acids is 1. The second kappa shape index (κ2) is 6.45. The SMILES string of the molecule is O=C(O)c1cccn1C1CCN(CCc2cccs2)CC1. The van der Waals surface area contributed by atoms with E-state index in [-0.39, 0.29) is 0 Å². The number of rotatable bonds is 5. The predicted molar refractivity (Wildman–Crippen MR) is 84.1 cm³/mol. The van der Waals surface area contributed by atoms with Crippen LogP contribution in [0.15, 0.2) is 35.8 Å².